The molecule has 2 aliphatic rings. The fourth-order valence-electron chi connectivity index (χ4n) is 3.55. The third-order valence-corrected chi connectivity index (χ3v) is 4.82. The zero-order chi connectivity index (χ0) is 16.2. The minimum Gasteiger partial charge on any atom is -0.450 e. The lowest BCUT2D eigenvalue weighted by molar-refractivity contribution is -0.123. The number of piperidine rings is 1. The van der Waals surface area contributed by atoms with Crippen LogP contribution in [0.4, 0.5) is 4.79 Å². The molecule has 1 atom stereocenters. The third kappa shape index (κ3) is 3.49. The van der Waals surface area contributed by atoms with Gasteiger partial charge >= 0.3 is 6.09 Å². The quantitative estimate of drug-likeness (QED) is 0.932. The number of carbonyl (C=O) groups excluding carboxylic acids is 2. The summed E-state index contributed by atoms with van der Waals surface area (Å²) in [4.78, 5) is 26.0. The molecule has 5 heteroatoms. The summed E-state index contributed by atoms with van der Waals surface area (Å²) in [5, 5.41) is 3.18. The monoisotopic (exact) mass is 316 g/mol. The van der Waals surface area contributed by atoms with Gasteiger partial charge in [0.15, 0.2) is 0 Å². The minimum absolute atomic E-state index is 0.0192. The number of likely N-dealkylation sites (tertiary alicyclic amines) is 1. The molecule has 1 fully saturated rings. The van der Waals surface area contributed by atoms with Crippen LogP contribution in [0.25, 0.3) is 0 Å². The van der Waals surface area contributed by atoms with Gasteiger partial charge in [-0.1, -0.05) is 24.3 Å². The van der Waals surface area contributed by atoms with Gasteiger partial charge in [0.25, 0.3) is 0 Å². The molecular formula is C18H24N2O3. The minimum atomic E-state index is -0.248. The zero-order valence-electron chi connectivity index (χ0n) is 13.6. The van der Waals surface area contributed by atoms with E-state index in [0.717, 1.165) is 25.7 Å². The summed E-state index contributed by atoms with van der Waals surface area (Å²) in [6.45, 7) is 3.50. The molecule has 0 bridgehead atoms. The summed E-state index contributed by atoms with van der Waals surface area (Å²) < 4.78 is 5.02. The number of hydrogen-bond donors (Lipinski definition) is 1. The molecule has 124 valence electrons. The molecule has 1 aromatic carbocycles. The highest BCUT2D eigenvalue weighted by Gasteiger charge is 2.31. The van der Waals surface area contributed by atoms with Gasteiger partial charge in [-0.15, -0.1) is 0 Å². The third-order valence-electron chi connectivity index (χ3n) is 4.82. The van der Waals surface area contributed by atoms with E-state index in [1.165, 1.54) is 11.1 Å². The number of nitrogens with one attached hydrogen (secondary N) is 1. The van der Waals surface area contributed by atoms with E-state index in [0.29, 0.717) is 19.7 Å². The number of benzene rings is 1. The maximum Gasteiger partial charge on any atom is 0.409 e. The van der Waals surface area contributed by atoms with Crippen molar-refractivity contribution in [3.8, 4) is 0 Å². The Morgan fingerprint density at radius 1 is 1.22 bits per heavy atom. The summed E-state index contributed by atoms with van der Waals surface area (Å²) in [5.41, 5.74) is 2.47. The lowest BCUT2D eigenvalue weighted by atomic mass is 9.98. The molecule has 1 heterocycles. The molecule has 0 radical (unpaired) electrons. The normalized spacial score (nSPS) is 20.9. The van der Waals surface area contributed by atoms with Gasteiger partial charge in [-0.05, 0) is 43.7 Å². The van der Waals surface area contributed by atoms with Crippen molar-refractivity contribution in [2.24, 2.45) is 0 Å². The second-order valence-corrected chi connectivity index (χ2v) is 6.26. The van der Waals surface area contributed by atoms with Gasteiger partial charge in [0.1, 0.15) is 0 Å². The van der Waals surface area contributed by atoms with Crippen molar-refractivity contribution in [2.75, 3.05) is 19.7 Å². The van der Waals surface area contributed by atoms with Crippen molar-refractivity contribution >= 4 is 12.0 Å². The molecule has 1 aromatic rings. The molecule has 1 aliphatic carbocycles. The molecule has 0 unspecified atom stereocenters. The second kappa shape index (κ2) is 7.02. The first-order valence-electron chi connectivity index (χ1n) is 8.49. The Bertz CT molecular complexity index is 579. The van der Waals surface area contributed by atoms with Crippen LogP contribution in [0.2, 0.25) is 0 Å². The van der Waals surface area contributed by atoms with Crippen molar-refractivity contribution < 1.29 is 14.3 Å². The van der Waals surface area contributed by atoms with Crippen molar-refractivity contribution in [1.29, 1.82) is 0 Å². The number of hydrogen-bond acceptors (Lipinski definition) is 3. The van der Waals surface area contributed by atoms with Crippen LogP contribution in [0.3, 0.4) is 0 Å². The van der Waals surface area contributed by atoms with Crippen molar-refractivity contribution in [1.82, 2.24) is 10.2 Å². The molecule has 1 saturated heterocycles. The van der Waals surface area contributed by atoms with Gasteiger partial charge in [-0.25, -0.2) is 4.79 Å². The van der Waals surface area contributed by atoms with E-state index >= 15 is 0 Å². The highest BCUT2D eigenvalue weighted by molar-refractivity contribution is 5.85. The summed E-state index contributed by atoms with van der Waals surface area (Å²) in [7, 11) is 0. The Hall–Kier alpha value is -2.04. The molecule has 3 rings (SSSR count). The van der Waals surface area contributed by atoms with Crippen LogP contribution >= 0.6 is 0 Å². The van der Waals surface area contributed by atoms with Crippen LogP contribution in [0.5, 0.6) is 0 Å². The largest absolute Gasteiger partial charge is 0.450 e. The fraction of sp³-hybridized carbons (Fsp3) is 0.556. The first kappa shape index (κ1) is 15.8. The zero-order valence-corrected chi connectivity index (χ0v) is 13.6. The van der Waals surface area contributed by atoms with E-state index in [4.69, 9.17) is 4.74 Å². The number of carbonyl (C=O) groups is 2. The average molecular weight is 316 g/mol. The summed E-state index contributed by atoms with van der Waals surface area (Å²) in [6, 6.07) is 8.36. The maximum atomic E-state index is 12.6. The second-order valence-electron chi connectivity index (χ2n) is 6.26. The summed E-state index contributed by atoms with van der Waals surface area (Å²) >= 11 is 0. The van der Waals surface area contributed by atoms with Crippen LogP contribution in [0, 0.1) is 0 Å². The molecule has 0 aromatic heterocycles. The maximum absolute atomic E-state index is 12.6. The Morgan fingerprint density at radius 3 is 2.70 bits per heavy atom. The SMILES string of the molecule is CCOC(=O)N1CCC(NC(=O)[C@H]2CCc3ccccc32)CC1. The Balaban J connectivity index is 1.52. The van der Waals surface area contributed by atoms with Gasteiger partial charge in [0.05, 0.1) is 12.5 Å². The molecule has 1 N–H and O–H groups in total. The molecule has 2 amide bonds. The van der Waals surface area contributed by atoms with Crippen LogP contribution in [0.15, 0.2) is 24.3 Å². The molecule has 23 heavy (non-hydrogen) atoms. The van der Waals surface area contributed by atoms with Crippen LogP contribution in [0.1, 0.15) is 43.2 Å². The van der Waals surface area contributed by atoms with Crippen LogP contribution in [-0.4, -0.2) is 42.6 Å². The standard InChI is InChI=1S/C18H24N2O3/c1-2-23-18(22)20-11-9-14(10-12-20)19-17(21)16-8-7-13-5-3-4-6-15(13)16/h3-6,14,16H,2,7-12H2,1H3,(H,19,21)/t16-/m0/s1. The Kier molecular flexibility index (Phi) is 4.84. The number of aryl methyl sites for hydroxylation is 1. The first-order chi connectivity index (χ1) is 11.2. The summed E-state index contributed by atoms with van der Waals surface area (Å²) in [6.07, 6.45) is 3.21. The number of nitrogens with zero attached hydrogens (tertiary/aromatic N) is 1. The Morgan fingerprint density at radius 2 is 1.96 bits per heavy atom. The van der Waals surface area contributed by atoms with E-state index in [2.05, 4.69) is 17.4 Å². The number of rotatable bonds is 3. The van der Waals surface area contributed by atoms with Gasteiger partial charge in [0, 0.05) is 19.1 Å². The van der Waals surface area contributed by atoms with Gasteiger partial charge in [-0.2, -0.15) is 0 Å². The van der Waals surface area contributed by atoms with E-state index in [1.54, 1.807) is 4.90 Å². The molecule has 0 spiro atoms. The van der Waals surface area contributed by atoms with Gasteiger partial charge < -0.3 is 15.0 Å². The molecule has 0 saturated carbocycles. The molecule has 1 aliphatic heterocycles. The van der Waals surface area contributed by atoms with Crippen molar-refractivity contribution in [2.45, 2.75) is 44.6 Å². The Labute approximate surface area is 137 Å². The lowest BCUT2D eigenvalue weighted by Gasteiger charge is -2.32. The van der Waals surface area contributed by atoms with E-state index in [9.17, 15) is 9.59 Å². The van der Waals surface area contributed by atoms with Crippen molar-refractivity contribution in [3.05, 3.63) is 35.4 Å². The molecule has 5 nitrogen and oxygen atoms in total. The van der Waals surface area contributed by atoms with Crippen LogP contribution in [-0.2, 0) is 16.0 Å². The summed E-state index contributed by atoms with van der Waals surface area (Å²) in [5.74, 6) is 0.110. The highest BCUT2D eigenvalue weighted by Crippen LogP contribution is 2.33. The van der Waals surface area contributed by atoms with Gasteiger partial charge in [-0.3, -0.25) is 4.79 Å². The average Bonchev–Trinajstić information content (AvgIpc) is 3.00. The topological polar surface area (TPSA) is 58.6 Å². The number of ether oxygens (including phenoxy) is 1. The number of amides is 2. The molecular weight excluding hydrogens is 292 g/mol. The highest BCUT2D eigenvalue weighted by atomic mass is 16.6. The van der Waals surface area contributed by atoms with E-state index in [-0.39, 0.29) is 24.0 Å². The van der Waals surface area contributed by atoms with Crippen molar-refractivity contribution in [3.63, 3.8) is 0 Å². The lowest BCUT2D eigenvalue weighted by Crippen LogP contribution is -2.47. The van der Waals surface area contributed by atoms with Gasteiger partial charge in [0.2, 0.25) is 5.91 Å². The van der Waals surface area contributed by atoms with E-state index < -0.39 is 0 Å². The van der Waals surface area contributed by atoms with Crippen LogP contribution < -0.4 is 5.32 Å². The smallest absolute Gasteiger partial charge is 0.409 e. The number of fused-ring (bicyclic) bond motifs is 1. The predicted molar refractivity (Wildman–Crippen MR) is 87.3 cm³/mol. The first-order valence-corrected chi connectivity index (χ1v) is 8.49. The predicted octanol–water partition coefficient (Wildman–Crippen LogP) is 2.45. The fourth-order valence-corrected chi connectivity index (χ4v) is 3.55. The van der Waals surface area contributed by atoms with E-state index in [1.807, 2.05) is 19.1 Å².